The Labute approximate surface area is 290 Å². The number of hydrogen-bond donors (Lipinski definition) is 0. The van der Waals surface area contributed by atoms with Crippen LogP contribution in [0.25, 0.3) is 32.3 Å². The van der Waals surface area contributed by atoms with Crippen LogP contribution in [-0.2, 0) is 10.8 Å². The summed E-state index contributed by atoms with van der Waals surface area (Å²) in [5.74, 6) is 2.59. The van der Waals surface area contributed by atoms with Gasteiger partial charge in [0.25, 0.3) is 0 Å². The molecule has 0 fully saturated rings. The molecule has 0 saturated heterocycles. The predicted octanol–water partition coefficient (Wildman–Crippen LogP) is 9.28. The van der Waals surface area contributed by atoms with Gasteiger partial charge in [-0.3, -0.25) is 29.7 Å². The van der Waals surface area contributed by atoms with E-state index >= 15 is 0 Å². The van der Waals surface area contributed by atoms with Crippen LogP contribution in [0.4, 0.5) is 34.6 Å². The molecule has 0 unspecified atom stereocenters. The molecule has 0 bridgehead atoms. The Morgan fingerprint density at radius 3 is 0.960 bits per heavy atom. The van der Waals surface area contributed by atoms with Gasteiger partial charge in [0, 0.05) is 60.3 Å². The molecule has 8 rings (SSSR count). The Bertz CT molecular complexity index is 2190. The predicted molar refractivity (Wildman–Crippen MR) is 199 cm³/mol. The quantitative estimate of drug-likeness (QED) is 0.161. The molecule has 0 aliphatic rings. The first-order valence-electron chi connectivity index (χ1n) is 16.5. The molecule has 0 aliphatic heterocycles. The van der Waals surface area contributed by atoms with Crippen molar-refractivity contribution in [2.45, 2.75) is 52.4 Å². The highest BCUT2D eigenvalue weighted by molar-refractivity contribution is 6.29. The Hall–Kier alpha value is -6.16. The summed E-state index contributed by atoms with van der Waals surface area (Å²) >= 11 is 0. The van der Waals surface area contributed by atoms with Crippen molar-refractivity contribution in [3.05, 3.63) is 122 Å². The fraction of sp³-hybridized carbons (Fsp3) is 0.200. The summed E-state index contributed by atoms with van der Waals surface area (Å²) in [6, 6.07) is 13.6. The Balaban J connectivity index is 1.56. The van der Waals surface area contributed by atoms with Crippen molar-refractivity contribution in [2.75, 3.05) is 9.80 Å². The molecule has 0 radical (unpaired) electrons. The molecular weight excluding hydrogens is 621 g/mol. The van der Waals surface area contributed by atoms with Crippen molar-refractivity contribution in [1.29, 1.82) is 0 Å². The highest BCUT2D eigenvalue weighted by Gasteiger charge is 2.30. The van der Waals surface area contributed by atoms with Gasteiger partial charge in [0.1, 0.15) is 0 Å². The van der Waals surface area contributed by atoms with Gasteiger partial charge in [-0.05, 0) is 55.6 Å². The van der Waals surface area contributed by atoms with Crippen molar-refractivity contribution in [3.63, 3.8) is 0 Å². The summed E-state index contributed by atoms with van der Waals surface area (Å²) in [6.07, 6.45) is 20.6. The molecule has 10 heteroatoms. The molecule has 0 spiro atoms. The standard InChI is InChI=1S/C40H36N10/c1-39(2,3)29-19-31(49(33-21-41-11-15-45-33)34-22-42-12-16-46-34)27-10-8-26-30(40(4,5)6)20-32(28-9-7-25(29)37(27)38(26)28)50(35-23-43-13-17-47-35)36-24-44-14-18-48-36/h7-24H,1-6H3. The number of hydrogen-bond acceptors (Lipinski definition) is 10. The van der Waals surface area contributed by atoms with E-state index < -0.39 is 0 Å². The second-order valence-corrected chi connectivity index (χ2v) is 14.4. The van der Waals surface area contributed by atoms with Crippen LogP contribution < -0.4 is 9.80 Å². The van der Waals surface area contributed by atoms with E-state index in [9.17, 15) is 0 Å². The van der Waals surface area contributed by atoms with Crippen molar-refractivity contribution < 1.29 is 0 Å². The lowest BCUT2D eigenvalue weighted by molar-refractivity contribution is 0.595. The third kappa shape index (κ3) is 5.20. The van der Waals surface area contributed by atoms with Crippen LogP contribution in [0, 0.1) is 0 Å². The van der Waals surface area contributed by atoms with E-state index in [1.54, 1.807) is 74.4 Å². The van der Waals surface area contributed by atoms with Crippen molar-refractivity contribution in [2.24, 2.45) is 0 Å². The fourth-order valence-corrected chi connectivity index (χ4v) is 6.92. The van der Waals surface area contributed by atoms with Gasteiger partial charge in [-0.1, -0.05) is 65.8 Å². The second-order valence-electron chi connectivity index (χ2n) is 14.4. The topological polar surface area (TPSA) is 110 Å². The summed E-state index contributed by atoms with van der Waals surface area (Å²) in [5, 5.41) is 6.82. The first kappa shape index (κ1) is 31.1. The summed E-state index contributed by atoms with van der Waals surface area (Å²) in [6.45, 7) is 13.5. The number of rotatable bonds is 6. The maximum Gasteiger partial charge on any atom is 0.157 e. The van der Waals surface area contributed by atoms with E-state index in [4.69, 9.17) is 19.9 Å². The van der Waals surface area contributed by atoms with E-state index in [0.29, 0.717) is 23.3 Å². The van der Waals surface area contributed by atoms with Crippen molar-refractivity contribution >= 4 is 67.0 Å². The molecule has 8 aromatic rings. The zero-order chi connectivity index (χ0) is 34.6. The normalized spacial score (nSPS) is 12.2. The summed E-state index contributed by atoms with van der Waals surface area (Å²) in [5.41, 5.74) is 3.90. The maximum absolute atomic E-state index is 4.75. The molecule has 246 valence electrons. The van der Waals surface area contributed by atoms with Gasteiger partial charge in [0.2, 0.25) is 0 Å². The van der Waals surface area contributed by atoms with Crippen LogP contribution in [0.2, 0.25) is 0 Å². The van der Waals surface area contributed by atoms with Crippen LogP contribution in [-0.4, -0.2) is 39.9 Å². The molecule has 0 aliphatic carbocycles. The first-order valence-corrected chi connectivity index (χ1v) is 16.5. The van der Waals surface area contributed by atoms with Gasteiger partial charge in [0.15, 0.2) is 23.3 Å². The lowest BCUT2D eigenvalue weighted by Gasteiger charge is -2.32. The Kier molecular flexibility index (Phi) is 7.32. The first-order chi connectivity index (χ1) is 24.1. The fourth-order valence-electron chi connectivity index (χ4n) is 6.92. The third-order valence-electron chi connectivity index (χ3n) is 9.07. The average molecular weight is 657 g/mol. The van der Waals surface area contributed by atoms with Gasteiger partial charge in [0.05, 0.1) is 36.2 Å². The monoisotopic (exact) mass is 656 g/mol. The minimum Gasteiger partial charge on any atom is -0.276 e. The summed E-state index contributed by atoms with van der Waals surface area (Å²) in [7, 11) is 0. The SMILES string of the molecule is CC(C)(C)c1cc(N(c2cnccn2)c2cnccn2)c2ccc3c(C(C)(C)C)cc(N(c4cnccn4)c4cnccn4)c4ccc1c2c43. The van der Waals surface area contributed by atoms with E-state index in [2.05, 4.69) is 108 Å². The van der Waals surface area contributed by atoms with E-state index in [0.717, 1.165) is 32.9 Å². The molecule has 0 N–H and O–H groups in total. The number of aromatic nitrogens is 8. The van der Waals surface area contributed by atoms with Crippen molar-refractivity contribution in [1.82, 2.24) is 39.9 Å². The highest BCUT2D eigenvalue weighted by Crippen LogP contribution is 2.51. The highest BCUT2D eigenvalue weighted by atomic mass is 15.3. The van der Waals surface area contributed by atoms with Crippen LogP contribution in [0.5, 0.6) is 0 Å². The van der Waals surface area contributed by atoms with Gasteiger partial charge in [-0.15, -0.1) is 0 Å². The Morgan fingerprint density at radius 2 is 0.700 bits per heavy atom. The van der Waals surface area contributed by atoms with Crippen LogP contribution in [0.1, 0.15) is 52.7 Å². The molecule has 50 heavy (non-hydrogen) atoms. The van der Waals surface area contributed by atoms with Gasteiger partial charge >= 0.3 is 0 Å². The number of nitrogens with zero attached hydrogens (tertiary/aromatic N) is 10. The minimum absolute atomic E-state index is 0.200. The second kappa shape index (κ2) is 11.8. The van der Waals surface area contributed by atoms with E-state index in [1.807, 2.05) is 0 Å². The molecule has 4 aromatic heterocycles. The van der Waals surface area contributed by atoms with Gasteiger partial charge < -0.3 is 0 Å². The zero-order valence-corrected chi connectivity index (χ0v) is 28.9. The summed E-state index contributed by atoms with van der Waals surface area (Å²) < 4.78 is 0. The zero-order valence-electron chi connectivity index (χ0n) is 28.9. The lowest BCUT2D eigenvalue weighted by Crippen LogP contribution is -2.19. The largest absolute Gasteiger partial charge is 0.276 e. The van der Waals surface area contributed by atoms with Crippen molar-refractivity contribution in [3.8, 4) is 0 Å². The van der Waals surface area contributed by atoms with Crippen LogP contribution in [0.3, 0.4) is 0 Å². The van der Waals surface area contributed by atoms with Gasteiger partial charge in [-0.2, -0.15) is 0 Å². The van der Waals surface area contributed by atoms with E-state index in [1.165, 1.54) is 21.9 Å². The number of anilines is 6. The summed E-state index contributed by atoms with van der Waals surface area (Å²) in [4.78, 5) is 40.8. The molecule has 0 saturated carbocycles. The molecule has 4 heterocycles. The van der Waals surface area contributed by atoms with Crippen LogP contribution in [0.15, 0.2) is 111 Å². The molecular formula is C40H36N10. The average Bonchev–Trinajstić information content (AvgIpc) is 3.12. The van der Waals surface area contributed by atoms with Gasteiger partial charge in [-0.25, -0.2) is 19.9 Å². The molecule has 0 atom stereocenters. The third-order valence-corrected chi connectivity index (χ3v) is 9.07. The minimum atomic E-state index is -0.200. The molecule has 10 nitrogen and oxygen atoms in total. The smallest absolute Gasteiger partial charge is 0.157 e. The Morgan fingerprint density at radius 1 is 0.400 bits per heavy atom. The molecule has 0 amide bonds. The van der Waals surface area contributed by atoms with Crippen LogP contribution >= 0.6 is 0 Å². The van der Waals surface area contributed by atoms with E-state index in [-0.39, 0.29) is 10.8 Å². The number of benzene rings is 4. The lowest BCUT2D eigenvalue weighted by atomic mass is 9.77. The maximum atomic E-state index is 4.75. The molecule has 4 aromatic carbocycles.